The molecule has 0 aliphatic heterocycles. The van der Waals surface area contributed by atoms with Crippen molar-refractivity contribution in [3.8, 4) is 0 Å². The Morgan fingerprint density at radius 3 is 2.44 bits per heavy atom. The van der Waals surface area contributed by atoms with Crippen LogP contribution in [-0.2, 0) is 14.3 Å². The Labute approximate surface area is 164 Å². The molecule has 4 rings (SSSR count). The Hall–Kier alpha value is -1.12. The minimum absolute atomic E-state index is 0.0504. The van der Waals surface area contributed by atoms with Gasteiger partial charge in [0.25, 0.3) is 0 Å². The van der Waals surface area contributed by atoms with E-state index in [4.69, 9.17) is 4.74 Å². The van der Waals surface area contributed by atoms with Crippen LogP contribution in [0.25, 0.3) is 0 Å². The topological polar surface area (TPSA) is 43.4 Å². The van der Waals surface area contributed by atoms with Gasteiger partial charge in [0.2, 0.25) is 0 Å². The van der Waals surface area contributed by atoms with Crippen LogP contribution in [0.5, 0.6) is 0 Å². The van der Waals surface area contributed by atoms with Crippen LogP contribution in [-0.4, -0.2) is 17.4 Å². The minimum Gasteiger partial charge on any atom is -0.451 e. The van der Waals surface area contributed by atoms with Crippen LogP contribution in [0.1, 0.15) is 86.0 Å². The van der Waals surface area contributed by atoms with Gasteiger partial charge in [-0.3, -0.25) is 9.59 Å². The molecule has 0 bridgehead atoms. The molecular weight excluding hydrogens is 336 g/mol. The molecule has 0 amide bonds. The van der Waals surface area contributed by atoms with Crippen LogP contribution >= 0.6 is 0 Å². The molecule has 150 valence electrons. The molecule has 0 saturated heterocycles. The van der Waals surface area contributed by atoms with Gasteiger partial charge in [-0.25, -0.2) is 0 Å². The minimum atomic E-state index is -0.901. The first-order valence-electron chi connectivity index (χ1n) is 11.1. The first-order valence-corrected chi connectivity index (χ1v) is 11.1. The summed E-state index contributed by atoms with van der Waals surface area (Å²) >= 11 is 0. The summed E-state index contributed by atoms with van der Waals surface area (Å²) in [5.74, 6) is 2.24. The van der Waals surface area contributed by atoms with Gasteiger partial charge in [-0.05, 0) is 87.4 Å². The third-order valence-electron chi connectivity index (χ3n) is 9.34. The summed E-state index contributed by atoms with van der Waals surface area (Å²) in [4.78, 5) is 24.7. The molecule has 3 fully saturated rings. The van der Waals surface area contributed by atoms with E-state index in [0.29, 0.717) is 29.6 Å². The van der Waals surface area contributed by atoms with E-state index in [2.05, 4.69) is 26.8 Å². The number of ether oxygens (including phenoxy) is 1. The maximum atomic E-state index is 12.8. The molecule has 0 unspecified atom stereocenters. The van der Waals surface area contributed by atoms with Crippen molar-refractivity contribution in [1.29, 1.82) is 0 Å². The predicted octanol–water partition coefficient (Wildman–Crippen LogP) is 5.48. The normalized spacial score (nSPS) is 48.7. The van der Waals surface area contributed by atoms with Crippen LogP contribution < -0.4 is 0 Å². The molecule has 0 N–H and O–H groups in total. The standard InChI is InChI=1S/C24H36O3/c1-15-14-18-20(22(4)11-7-6-8-19(15)22)9-12-23(5)21(18)10-13-24(23,16(2)25)27-17(3)26/h8,15,18,20-21H,6-7,9-14H2,1-5H3/t15-,18+,20-,21-,22-,23-,24-/m0/s1. The first kappa shape index (κ1) is 19.2. The van der Waals surface area contributed by atoms with Gasteiger partial charge in [0.1, 0.15) is 0 Å². The molecule has 0 spiro atoms. The highest BCUT2D eigenvalue weighted by Crippen LogP contribution is 2.69. The van der Waals surface area contributed by atoms with Crippen molar-refractivity contribution in [2.75, 3.05) is 0 Å². The maximum absolute atomic E-state index is 12.8. The van der Waals surface area contributed by atoms with Crippen LogP contribution in [0.3, 0.4) is 0 Å². The molecule has 0 radical (unpaired) electrons. The average molecular weight is 373 g/mol. The van der Waals surface area contributed by atoms with Crippen molar-refractivity contribution in [2.45, 2.75) is 91.6 Å². The van der Waals surface area contributed by atoms with Gasteiger partial charge in [-0.2, -0.15) is 0 Å². The number of hydrogen-bond donors (Lipinski definition) is 0. The van der Waals surface area contributed by atoms with Crippen molar-refractivity contribution < 1.29 is 14.3 Å². The summed E-state index contributed by atoms with van der Waals surface area (Å²) in [5, 5.41) is 0. The molecule has 4 aliphatic rings. The van der Waals surface area contributed by atoms with Gasteiger partial charge in [0.15, 0.2) is 11.4 Å². The summed E-state index contributed by atoms with van der Waals surface area (Å²) in [6, 6.07) is 0. The third kappa shape index (κ3) is 2.45. The van der Waals surface area contributed by atoms with E-state index in [0.717, 1.165) is 25.2 Å². The van der Waals surface area contributed by atoms with Crippen molar-refractivity contribution >= 4 is 11.8 Å². The molecule has 4 aliphatic carbocycles. The molecule has 0 aromatic carbocycles. The van der Waals surface area contributed by atoms with Gasteiger partial charge in [-0.15, -0.1) is 0 Å². The molecule has 27 heavy (non-hydrogen) atoms. The molecule has 3 heteroatoms. The summed E-state index contributed by atoms with van der Waals surface area (Å²) in [6.45, 7) is 10.3. The maximum Gasteiger partial charge on any atom is 0.303 e. The van der Waals surface area contributed by atoms with Gasteiger partial charge in [0.05, 0.1) is 0 Å². The average Bonchev–Trinajstić information content (AvgIpc) is 2.88. The number of esters is 1. The lowest BCUT2D eigenvalue weighted by Crippen LogP contribution is -2.59. The lowest BCUT2D eigenvalue weighted by Gasteiger charge is -2.60. The fraction of sp³-hybridized carbons (Fsp3) is 0.833. The van der Waals surface area contributed by atoms with E-state index >= 15 is 0 Å². The Morgan fingerprint density at radius 1 is 1.07 bits per heavy atom. The second kappa shape index (κ2) is 6.19. The number of fused-ring (bicyclic) bond motifs is 5. The van der Waals surface area contributed by atoms with E-state index in [-0.39, 0.29) is 17.2 Å². The van der Waals surface area contributed by atoms with Gasteiger partial charge < -0.3 is 4.74 Å². The van der Waals surface area contributed by atoms with E-state index < -0.39 is 5.60 Å². The second-order valence-electron chi connectivity index (χ2n) is 10.5. The highest BCUT2D eigenvalue weighted by Gasteiger charge is 2.68. The van der Waals surface area contributed by atoms with Gasteiger partial charge in [-0.1, -0.05) is 32.4 Å². The molecule has 7 atom stereocenters. The quantitative estimate of drug-likeness (QED) is 0.476. The molecule has 3 saturated carbocycles. The second-order valence-corrected chi connectivity index (χ2v) is 10.5. The predicted molar refractivity (Wildman–Crippen MR) is 106 cm³/mol. The van der Waals surface area contributed by atoms with E-state index in [1.807, 2.05) is 0 Å². The fourth-order valence-corrected chi connectivity index (χ4v) is 8.27. The molecule has 0 heterocycles. The summed E-state index contributed by atoms with van der Waals surface area (Å²) in [5.41, 5.74) is 0.943. The Morgan fingerprint density at radius 2 is 1.78 bits per heavy atom. The number of hydrogen-bond acceptors (Lipinski definition) is 3. The smallest absolute Gasteiger partial charge is 0.303 e. The molecule has 0 aromatic heterocycles. The SMILES string of the molecule is CC(=O)O[C@]1(C(C)=O)CC[C@H]2[C@@H]3C[C@H](C)C4=CCCC[C@]4(C)[C@H]3CC[C@@]21C. The van der Waals surface area contributed by atoms with Crippen molar-refractivity contribution in [1.82, 2.24) is 0 Å². The molecular formula is C24H36O3. The van der Waals surface area contributed by atoms with Crippen LogP contribution in [0.2, 0.25) is 0 Å². The van der Waals surface area contributed by atoms with Gasteiger partial charge >= 0.3 is 5.97 Å². The summed E-state index contributed by atoms with van der Waals surface area (Å²) in [6.07, 6.45) is 11.5. The zero-order valence-corrected chi connectivity index (χ0v) is 17.8. The zero-order valence-electron chi connectivity index (χ0n) is 17.8. The van der Waals surface area contributed by atoms with E-state index in [1.165, 1.54) is 32.6 Å². The van der Waals surface area contributed by atoms with Crippen LogP contribution in [0.15, 0.2) is 11.6 Å². The number of Topliss-reactive ketones (excluding diaryl/α,β-unsaturated/α-hetero) is 1. The number of carbonyl (C=O) groups is 2. The van der Waals surface area contributed by atoms with Crippen molar-refractivity contribution in [3.05, 3.63) is 11.6 Å². The highest BCUT2D eigenvalue weighted by molar-refractivity contribution is 5.89. The summed E-state index contributed by atoms with van der Waals surface area (Å²) < 4.78 is 5.87. The first-order chi connectivity index (χ1) is 12.7. The molecule has 0 aromatic rings. The number of allylic oxidation sites excluding steroid dienone is 2. The Balaban J connectivity index is 1.73. The van der Waals surface area contributed by atoms with Crippen LogP contribution in [0.4, 0.5) is 0 Å². The largest absolute Gasteiger partial charge is 0.451 e. The third-order valence-corrected chi connectivity index (χ3v) is 9.34. The lowest BCUT2D eigenvalue weighted by atomic mass is 9.45. The lowest BCUT2D eigenvalue weighted by molar-refractivity contribution is -0.187. The van der Waals surface area contributed by atoms with Crippen molar-refractivity contribution in [2.24, 2.45) is 34.5 Å². The van der Waals surface area contributed by atoms with Crippen LogP contribution in [0, 0.1) is 34.5 Å². The Kier molecular flexibility index (Phi) is 4.40. The van der Waals surface area contributed by atoms with E-state index in [9.17, 15) is 9.59 Å². The van der Waals surface area contributed by atoms with Crippen molar-refractivity contribution in [3.63, 3.8) is 0 Å². The number of rotatable bonds is 2. The Bertz CT molecular complexity index is 694. The zero-order chi connectivity index (χ0) is 19.6. The van der Waals surface area contributed by atoms with E-state index in [1.54, 1.807) is 12.5 Å². The molecule has 3 nitrogen and oxygen atoms in total. The number of carbonyl (C=O) groups excluding carboxylic acids is 2. The number of ketones is 1. The fourth-order valence-electron chi connectivity index (χ4n) is 8.27. The monoisotopic (exact) mass is 372 g/mol. The highest BCUT2D eigenvalue weighted by atomic mass is 16.6. The summed E-state index contributed by atoms with van der Waals surface area (Å²) in [7, 11) is 0. The van der Waals surface area contributed by atoms with Gasteiger partial charge in [0, 0.05) is 12.3 Å².